The zero-order valence-corrected chi connectivity index (χ0v) is 14.3. The van der Waals surface area contributed by atoms with Crippen molar-refractivity contribution in [3.8, 4) is 0 Å². The molecule has 0 rings (SSSR count). The van der Waals surface area contributed by atoms with Crippen molar-refractivity contribution in [2.24, 2.45) is 5.92 Å². The molecule has 0 radical (unpaired) electrons. The number of nitrogens with zero attached hydrogens (tertiary/aromatic N) is 1. The molecule has 0 heterocycles. The van der Waals surface area contributed by atoms with E-state index < -0.39 is 0 Å². The van der Waals surface area contributed by atoms with E-state index in [4.69, 9.17) is 4.74 Å². The highest BCUT2D eigenvalue weighted by atomic mass is 16.5. The summed E-state index contributed by atoms with van der Waals surface area (Å²) in [6.45, 7) is 12.7. The lowest BCUT2D eigenvalue weighted by molar-refractivity contribution is 0.144. The van der Waals surface area contributed by atoms with Crippen LogP contribution >= 0.6 is 0 Å². The number of methoxy groups -OCH3 is 1. The minimum absolute atomic E-state index is 0.0260. The Morgan fingerprint density at radius 1 is 1.35 bits per heavy atom. The molecule has 20 heavy (non-hydrogen) atoms. The second kappa shape index (κ2) is 10.0. The van der Waals surface area contributed by atoms with Gasteiger partial charge < -0.3 is 15.0 Å². The van der Waals surface area contributed by atoms with Crippen molar-refractivity contribution >= 4 is 6.03 Å². The molecule has 2 atom stereocenters. The van der Waals surface area contributed by atoms with E-state index in [2.05, 4.69) is 33.0 Å². The largest absolute Gasteiger partial charge is 0.383 e. The van der Waals surface area contributed by atoms with E-state index >= 15 is 0 Å². The second-order valence-corrected chi connectivity index (χ2v) is 5.97. The van der Waals surface area contributed by atoms with Crippen LogP contribution in [0.15, 0.2) is 0 Å². The molecule has 0 saturated heterocycles. The van der Waals surface area contributed by atoms with Gasteiger partial charge in [-0.2, -0.15) is 0 Å². The summed E-state index contributed by atoms with van der Waals surface area (Å²) in [6.07, 6.45) is 4.34. The number of ether oxygens (including phenoxy) is 1. The number of hydrogen-bond donors (Lipinski definition) is 1. The van der Waals surface area contributed by atoms with Crippen molar-refractivity contribution < 1.29 is 9.53 Å². The summed E-state index contributed by atoms with van der Waals surface area (Å²) in [5.41, 5.74) is -0.110. The fourth-order valence-corrected chi connectivity index (χ4v) is 2.04. The zero-order valence-electron chi connectivity index (χ0n) is 14.3. The summed E-state index contributed by atoms with van der Waals surface area (Å²) in [4.78, 5) is 14.1. The molecule has 0 aromatic heterocycles. The van der Waals surface area contributed by atoms with Gasteiger partial charge in [-0.25, -0.2) is 4.79 Å². The van der Waals surface area contributed by atoms with Crippen LogP contribution in [0.25, 0.3) is 0 Å². The molecule has 0 spiro atoms. The smallest absolute Gasteiger partial charge is 0.317 e. The minimum atomic E-state index is -0.110. The van der Waals surface area contributed by atoms with Crippen molar-refractivity contribution in [1.82, 2.24) is 10.2 Å². The van der Waals surface area contributed by atoms with Crippen LogP contribution in [0, 0.1) is 5.92 Å². The summed E-state index contributed by atoms with van der Waals surface area (Å²) >= 11 is 0. The number of urea groups is 1. The Bertz CT molecular complexity index is 271. The molecule has 0 aliphatic rings. The first-order valence-electron chi connectivity index (χ1n) is 7.98. The average Bonchev–Trinajstić information content (AvgIpc) is 2.45. The van der Waals surface area contributed by atoms with Gasteiger partial charge in [-0.15, -0.1) is 0 Å². The van der Waals surface area contributed by atoms with Crippen molar-refractivity contribution in [2.45, 2.75) is 65.8 Å². The summed E-state index contributed by atoms with van der Waals surface area (Å²) in [6, 6.07) is 0.0260. The highest BCUT2D eigenvalue weighted by Gasteiger charge is 2.26. The van der Waals surface area contributed by atoms with Gasteiger partial charge in [0.15, 0.2) is 0 Å². The van der Waals surface area contributed by atoms with E-state index in [1.165, 1.54) is 6.42 Å². The topological polar surface area (TPSA) is 41.6 Å². The minimum Gasteiger partial charge on any atom is -0.383 e. The van der Waals surface area contributed by atoms with Crippen LogP contribution in [0.3, 0.4) is 0 Å². The maximum absolute atomic E-state index is 12.3. The molecule has 2 amide bonds. The first kappa shape index (κ1) is 19.2. The third-order valence-electron chi connectivity index (χ3n) is 4.31. The first-order chi connectivity index (χ1) is 9.42. The summed E-state index contributed by atoms with van der Waals surface area (Å²) < 4.78 is 5.05. The fraction of sp³-hybridized carbons (Fsp3) is 0.938. The van der Waals surface area contributed by atoms with Crippen LogP contribution in [-0.4, -0.2) is 43.3 Å². The molecule has 4 heteroatoms. The van der Waals surface area contributed by atoms with Gasteiger partial charge in [0.1, 0.15) is 0 Å². The molecule has 0 aliphatic carbocycles. The average molecular weight is 286 g/mol. The van der Waals surface area contributed by atoms with E-state index in [1.807, 2.05) is 6.92 Å². The molecule has 0 aliphatic heterocycles. The van der Waals surface area contributed by atoms with Crippen molar-refractivity contribution in [3.63, 3.8) is 0 Å². The van der Waals surface area contributed by atoms with Crippen LogP contribution in [0.2, 0.25) is 0 Å². The molecular formula is C16H34N2O2. The van der Waals surface area contributed by atoms with Gasteiger partial charge in [-0.1, -0.05) is 27.2 Å². The summed E-state index contributed by atoms with van der Waals surface area (Å²) in [5, 5.41) is 3.21. The first-order valence-corrected chi connectivity index (χ1v) is 7.98. The van der Waals surface area contributed by atoms with Crippen LogP contribution in [-0.2, 0) is 4.74 Å². The molecule has 0 saturated carbocycles. The van der Waals surface area contributed by atoms with Crippen molar-refractivity contribution in [2.75, 3.05) is 26.8 Å². The van der Waals surface area contributed by atoms with E-state index in [9.17, 15) is 4.79 Å². The lowest BCUT2D eigenvalue weighted by atomic mass is 9.88. The molecule has 2 unspecified atom stereocenters. The Morgan fingerprint density at radius 3 is 2.45 bits per heavy atom. The zero-order chi connectivity index (χ0) is 15.6. The molecule has 4 nitrogen and oxygen atoms in total. The summed E-state index contributed by atoms with van der Waals surface area (Å²) in [7, 11) is 1.66. The van der Waals surface area contributed by atoms with E-state index in [0.29, 0.717) is 25.6 Å². The van der Waals surface area contributed by atoms with Gasteiger partial charge in [0.2, 0.25) is 0 Å². The number of likely N-dealkylation sites (N-methyl/N-ethyl adjacent to an activating group) is 1. The van der Waals surface area contributed by atoms with Crippen LogP contribution < -0.4 is 5.32 Å². The SMILES string of the molecule is CCC(C)CCC(C)(CC)NC(=O)N(CC)CCOC. The van der Waals surface area contributed by atoms with E-state index in [1.54, 1.807) is 12.0 Å². The lowest BCUT2D eigenvalue weighted by Gasteiger charge is -2.33. The van der Waals surface area contributed by atoms with Crippen molar-refractivity contribution in [1.29, 1.82) is 0 Å². The number of rotatable bonds is 10. The number of carbonyl (C=O) groups is 1. The quantitative estimate of drug-likeness (QED) is 0.666. The predicted octanol–water partition coefficient (Wildman–Crippen LogP) is 3.66. The number of amides is 2. The molecule has 1 N–H and O–H groups in total. The molecule has 0 aromatic carbocycles. The standard InChI is InChI=1S/C16H34N2O2/c1-7-14(4)10-11-16(5,8-2)17-15(19)18(9-3)12-13-20-6/h14H,7-13H2,1-6H3,(H,17,19). The molecule has 0 bridgehead atoms. The normalized spacial score (nSPS) is 15.5. The molecule has 120 valence electrons. The van der Waals surface area contributed by atoms with Crippen LogP contribution in [0.4, 0.5) is 4.79 Å². The number of hydrogen-bond acceptors (Lipinski definition) is 2. The van der Waals surface area contributed by atoms with Gasteiger partial charge in [0.05, 0.1) is 6.61 Å². The van der Waals surface area contributed by atoms with Gasteiger partial charge >= 0.3 is 6.03 Å². The Balaban J connectivity index is 4.46. The molecule has 0 fully saturated rings. The van der Waals surface area contributed by atoms with Gasteiger partial charge in [0, 0.05) is 25.7 Å². The predicted molar refractivity (Wildman–Crippen MR) is 85.0 cm³/mol. The van der Waals surface area contributed by atoms with Crippen molar-refractivity contribution in [3.05, 3.63) is 0 Å². The monoisotopic (exact) mass is 286 g/mol. The van der Waals surface area contributed by atoms with E-state index in [0.717, 1.165) is 19.3 Å². The highest BCUT2D eigenvalue weighted by molar-refractivity contribution is 5.75. The second-order valence-electron chi connectivity index (χ2n) is 5.97. The maximum atomic E-state index is 12.3. The fourth-order valence-electron chi connectivity index (χ4n) is 2.04. The van der Waals surface area contributed by atoms with Crippen LogP contribution in [0.1, 0.15) is 60.3 Å². The Morgan fingerprint density at radius 2 is 2.00 bits per heavy atom. The molecular weight excluding hydrogens is 252 g/mol. The van der Waals surface area contributed by atoms with Gasteiger partial charge in [-0.05, 0) is 39.0 Å². The maximum Gasteiger partial charge on any atom is 0.317 e. The number of carbonyl (C=O) groups excluding carboxylic acids is 1. The molecule has 0 aromatic rings. The Labute approximate surface area is 125 Å². The lowest BCUT2D eigenvalue weighted by Crippen LogP contribution is -2.52. The third kappa shape index (κ3) is 7.13. The van der Waals surface area contributed by atoms with E-state index in [-0.39, 0.29) is 11.6 Å². The highest BCUT2D eigenvalue weighted by Crippen LogP contribution is 2.21. The number of nitrogens with one attached hydrogen (secondary N) is 1. The van der Waals surface area contributed by atoms with Crippen LogP contribution in [0.5, 0.6) is 0 Å². The Hall–Kier alpha value is -0.770. The summed E-state index contributed by atoms with van der Waals surface area (Å²) in [5.74, 6) is 0.716. The van der Waals surface area contributed by atoms with Gasteiger partial charge in [0.25, 0.3) is 0 Å². The Kier molecular flexibility index (Phi) is 9.64. The third-order valence-corrected chi connectivity index (χ3v) is 4.31. The van der Waals surface area contributed by atoms with Gasteiger partial charge in [-0.3, -0.25) is 0 Å².